The van der Waals surface area contributed by atoms with Crippen molar-refractivity contribution in [3.63, 3.8) is 0 Å². The van der Waals surface area contributed by atoms with Crippen LogP contribution in [0.15, 0.2) is 18.3 Å². The van der Waals surface area contributed by atoms with Crippen LogP contribution >= 0.6 is 0 Å². The van der Waals surface area contributed by atoms with Crippen molar-refractivity contribution in [3.8, 4) is 11.6 Å². The van der Waals surface area contributed by atoms with Gasteiger partial charge in [0.1, 0.15) is 12.4 Å². The van der Waals surface area contributed by atoms with E-state index in [1.54, 1.807) is 12.3 Å². The molecule has 136 valence electrons. The number of fused-ring (bicyclic) bond motifs is 3. The number of benzene rings is 1. The van der Waals surface area contributed by atoms with Gasteiger partial charge in [0.15, 0.2) is 0 Å². The summed E-state index contributed by atoms with van der Waals surface area (Å²) in [6.45, 7) is 2.94. The molecular formula is C19H21N3O4. The molecule has 3 N–H and O–H groups in total. The van der Waals surface area contributed by atoms with E-state index in [0.29, 0.717) is 43.2 Å². The normalized spacial score (nSPS) is 21.3. The molecule has 0 radical (unpaired) electrons. The fourth-order valence-corrected chi connectivity index (χ4v) is 3.87. The van der Waals surface area contributed by atoms with Crippen molar-refractivity contribution in [2.24, 2.45) is 11.7 Å². The summed E-state index contributed by atoms with van der Waals surface area (Å²) in [5.41, 5.74) is 6.78. The molecule has 0 spiro atoms. The molecule has 0 bridgehead atoms. The topological polar surface area (TPSA) is 104 Å². The van der Waals surface area contributed by atoms with E-state index in [9.17, 15) is 9.59 Å². The molecule has 0 saturated carbocycles. The SMILES string of the molecule is CCC1CC(=O)NC1COc1nccc2cc(C(N)=O)c3c(c12)CCO3. The number of nitrogens with two attached hydrogens (primary N) is 1. The zero-order chi connectivity index (χ0) is 18.3. The third-order valence-corrected chi connectivity index (χ3v) is 5.22. The Morgan fingerprint density at radius 1 is 1.50 bits per heavy atom. The van der Waals surface area contributed by atoms with Crippen molar-refractivity contribution in [3.05, 3.63) is 29.5 Å². The van der Waals surface area contributed by atoms with Gasteiger partial charge in [-0.25, -0.2) is 4.98 Å². The van der Waals surface area contributed by atoms with Crippen molar-refractivity contribution in [2.45, 2.75) is 32.2 Å². The maximum absolute atomic E-state index is 11.7. The highest BCUT2D eigenvalue weighted by atomic mass is 16.5. The predicted octanol–water partition coefficient (Wildman–Crippen LogP) is 1.56. The van der Waals surface area contributed by atoms with Gasteiger partial charge in [0.25, 0.3) is 5.91 Å². The van der Waals surface area contributed by atoms with Gasteiger partial charge in [0.05, 0.1) is 23.6 Å². The Bertz CT molecular complexity index is 896. The fraction of sp³-hybridized carbons (Fsp3) is 0.421. The molecule has 7 nitrogen and oxygen atoms in total. The van der Waals surface area contributed by atoms with E-state index >= 15 is 0 Å². The van der Waals surface area contributed by atoms with Crippen LogP contribution in [-0.4, -0.2) is 36.1 Å². The number of aromatic nitrogens is 1. The Labute approximate surface area is 150 Å². The highest BCUT2D eigenvalue weighted by Crippen LogP contribution is 2.39. The monoisotopic (exact) mass is 355 g/mol. The van der Waals surface area contributed by atoms with Crippen molar-refractivity contribution >= 4 is 22.6 Å². The summed E-state index contributed by atoms with van der Waals surface area (Å²) in [4.78, 5) is 27.8. The molecular weight excluding hydrogens is 334 g/mol. The van der Waals surface area contributed by atoms with Crippen LogP contribution in [0.1, 0.15) is 35.7 Å². The molecule has 2 unspecified atom stereocenters. The number of carbonyl (C=O) groups is 2. The van der Waals surface area contributed by atoms with Gasteiger partial charge < -0.3 is 20.5 Å². The molecule has 1 aromatic heterocycles. The molecule has 4 rings (SSSR count). The van der Waals surface area contributed by atoms with Crippen molar-refractivity contribution in [2.75, 3.05) is 13.2 Å². The summed E-state index contributed by atoms with van der Waals surface area (Å²) in [7, 11) is 0. The summed E-state index contributed by atoms with van der Waals surface area (Å²) in [6, 6.07) is 3.54. The second kappa shape index (κ2) is 6.48. The average Bonchev–Trinajstić information content (AvgIpc) is 3.25. The predicted molar refractivity (Wildman–Crippen MR) is 95.3 cm³/mol. The lowest BCUT2D eigenvalue weighted by Gasteiger charge is -2.19. The van der Waals surface area contributed by atoms with E-state index in [4.69, 9.17) is 15.2 Å². The summed E-state index contributed by atoms with van der Waals surface area (Å²) in [6.07, 6.45) is 3.78. The summed E-state index contributed by atoms with van der Waals surface area (Å²) in [5, 5.41) is 4.66. The number of ether oxygens (including phenoxy) is 2. The smallest absolute Gasteiger partial charge is 0.252 e. The second-order valence-electron chi connectivity index (χ2n) is 6.77. The van der Waals surface area contributed by atoms with Crippen LogP contribution in [0.3, 0.4) is 0 Å². The summed E-state index contributed by atoms with van der Waals surface area (Å²) < 4.78 is 11.7. The Morgan fingerprint density at radius 3 is 3.12 bits per heavy atom. The molecule has 2 atom stereocenters. The molecule has 0 aliphatic carbocycles. The lowest BCUT2D eigenvalue weighted by atomic mass is 9.98. The van der Waals surface area contributed by atoms with E-state index in [2.05, 4.69) is 17.2 Å². The quantitative estimate of drug-likeness (QED) is 0.847. The van der Waals surface area contributed by atoms with Crippen LogP contribution in [0, 0.1) is 5.92 Å². The molecule has 26 heavy (non-hydrogen) atoms. The lowest BCUT2D eigenvalue weighted by Crippen LogP contribution is -2.34. The van der Waals surface area contributed by atoms with Crippen LogP contribution in [0.2, 0.25) is 0 Å². The average molecular weight is 355 g/mol. The molecule has 1 fully saturated rings. The minimum absolute atomic E-state index is 0.0150. The van der Waals surface area contributed by atoms with Gasteiger partial charge in [-0.05, 0) is 23.4 Å². The lowest BCUT2D eigenvalue weighted by molar-refractivity contribution is -0.119. The van der Waals surface area contributed by atoms with E-state index in [-0.39, 0.29) is 17.9 Å². The molecule has 2 aliphatic heterocycles. The van der Waals surface area contributed by atoms with Crippen molar-refractivity contribution in [1.29, 1.82) is 0 Å². The van der Waals surface area contributed by atoms with Gasteiger partial charge >= 0.3 is 0 Å². The van der Waals surface area contributed by atoms with E-state index < -0.39 is 5.91 Å². The maximum atomic E-state index is 11.7. The molecule has 2 aromatic rings. The highest BCUT2D eigenvalue weighted by molar-refractivity contribution is 6.04. The molecule has 1 saturated heterocycles. The Kier molecular flexibility index (Phi) is 4.14. The standard InChI is InChI=1S/C19H21N3O4/c1-2-10-8-15(23)22-14(10)9-26-19-16-11(3-5-21-19)7-13(18(20)24)17-12(16)4-6-25-17/h3,5,7,10,14H,2,4,6,8-9H2,1H3,(H2,20,24)(H,22,23). The molecule has 2 amide bonds. The van der Waals surface area contributed by atoms with Gasteiger partial charge in [-0.3, -0.25) is 9.59 Å². The number of carbonyl (C=O) groups excluding carboxylic acids is 2. The number of rotatable bonds is 5. The third kappa shape index (κ3) is 2.73. The maximum Gasteiger partial charge on any atom is 0.252 e. The van der Waals surface area contributed by atoms with Gasteiger partial charge in [0.2, 0.25) is 11.8 Å². The van der Waals surface area contributed by atoms with E-state index in [1.165, 1.54) is 0 Å². The van der Waals surface area contributed by atoms with E-state index in [1.807, 2.05) is 6.07 Å². The highest BCUT2D eigenvalue weighted by Gasteiger charge is 2.32. The molecule has 7 heteroatoms. The van der Waals surface area contributed by atoms with Gasteiger partial charge in [0, 0.05) is 24.6 Å². The largest absolute Gasteiger partial charge is 0.492 e. The minimum atomic E-state index is -0.510. The Balaban J connectivity index is 1.69. The minimum Gasteiger partial charge on any atom is -0.492 e. The molecule has 3 heterocycles. The number of primary amides is 1. The van der Waals surface area contributed by atoms with Crippen molar-refractivity contribution < 1.29 is 19.1 Å². The number of hydrogen-bond donors (Lipinski definition) is 2. The molecule has 1 aromatic carbocycles. The first kappa shape index (κ1) is 16.6. The van der Waals surface area contributed by atoms with Crippen LogP contribution in [0.4, 0.5) is 0 Å². The van der Waals surface area contributed by atoms with Gasteiger partial charge in [-0.15, -0.1) is 0 Å². The Morgan fingerprint density at radius 2 is 2.35 bits per heavy atom. The van der Waals surface area contributed by atoms with Crippen molar-refractivity contribution in [1.82, 2.24) is 10.3 Å². The first-order valence-electron chi connectivity index (χ1n) is 8.87. The number of amides is 2. The Hall–Kier alpha value is -2.83. The van der Waals surface area contributed by atoms with E-state index in [0.717, 1.165) is 22.8 Å². The summed E-state index contributed by atoms with van der Waals surface area (Å²) in [5.74, 6) is 0.855. The van der Waals surface area contributed by atoms with Crippen LogP contribution in [0.25, 0.3) is 10.8 Å². The number of nitrogens with one attached hydrogen (secondary N) is 1. The van der Waals surface area contributed by atoms with Crippen LogP contribution in [-0.2, 0) is 11.2 Å². The first-order valence-corrected chi connectivity index (χ1v) is 8.87. The van der Waals surface area contributed by atoms with Gasteiger partial charge in [-0.2, -0.15) is 0 Å². The molecule has 2 aliphatic rings. The second-order valence-corrected chi connectivity index (χ2v) is 6.77. The first-order chi connectivity index (χ1) is 12.6. The number of pyridine rings is 1. The van der Waals surface area contributed by atoms with Crippen LogP contribution in [0.5, 0.6) is 11.6 Å². The number of hydrogen-bond acceptors (Lipinski definition) is 5. The van der Waals surface area contributed by atoms with Crippen LogP contribution < -0.4 is 20.5 Å². The third-order valence-electron chi connectivity index (χ3n) is 5.22. The fourth-order valence-electron chi connectivity index (χ4n) is 3.87. The number of nitrogens with zero attached hydrogens (tertiary/aromatic N) is 1. The summed E-state index contributed by atoms with van der Waals surface area (Å²) >= 11 is 0. The zero-order valence-corrected chi connectivity index (χ0v) is 14.6. The van der Waals surface area contributed by atoms with Gasteiger partial charge in [-0.1, -0.05) is 13.3 Å². The zero-order valence-electron chi connectivity index (χ0n) is 14.6.